The number of anilines is 2. The smallest absolute Gasteiger partial charge is 0.454 e. The van der Waals surface area contributed by atoms with Crippen molar-refractivity contribution in [2.24, 2.45) is 5.92 Å². The molecule has 10 heteroatoms. The van der Waals surface area contributed by atoms with Gasteiger partial charge in [0.2, 0.25) is 5.95 Å². The first-order valence-electron chi connectivity index (χ1n) is 12.8. The topological polar surface area (TPSA) is 111 Å². The van der Waals surface area contributed by atoms with Crippen LogP contribution in [0, 0.1) is 12.8 Å². The highest BCUT2D eigenvalue weighted by Crippen LogP contribution is 2.39. The predicted octanol–water partition coefficient (Wildman–Crippen LogP) is 6.77. The van der Waals surface area contributed by atoms with Gasteiger partial charge in [-0.3, -0.25) is 4.98 Å². The molecule has 0 amide bonds. The number of fused-ring (bicyclic) bond motifs is 1. The van der Waals surface area contributed by atoms with Gasteiger partial charge in [-0.05, 0) is 71.4 Å². The summed E-state index contributed by atoms with van der Waals surface area (Å²) in [5, 5.41) is 7.79. The van der Waals surface area contributed by atoms with Gasteiger partial charge in [0, 0.05) is 24.2 Å². The first-order chi connectivity index (χ1) is 17.6. The Balaban J connectivity index is 1.54. The fourth-order valence-electron chi connectivity index (χ4n) is 4.66. The molecule has 1 aliphatic carbocycles. The molecule has 2 atom stereocenters. The molecule has 0 radical (unpaired) electrons. The normalized spacial score (nSPS) is 17.7. The van der Waals surface area contributed by atoms with E-state index >= 15 is 0 Å². The molecule has 3 heterocycles. The van der Waals surface area contributed by atoms with Crippen molar-refractivity contribution in [2.45, 2.75) is 78.4 Å². The highest BCUT2D eigenvalue weighted by Gasteiger charge is 2.29. The third-order valence-corrected chi connectivity index (χ3v) is 6.55. The quantitative estimate of drug-likeness (QED) is 0.241. The van der Waals surface area contributed by atoms with E-state index in [0.29, 0.717) is 34.8 Å². The number of nitrogens with zero attached hydrogens (tertiary/aromatic N) is 3. The van der Waals surface area contributed by atoms with E-state index in [1.165, 1.54) is 0 Å². The maximum atomic E-state index is 11.9. The van der Waals surface area contributed by atoms with Crippen molar-refractivity contribution in [3.8, 4) is 11.3 Å². The fraction of sp³-hybridized carbons (Fsp3) is 0.556. The first kappa shape index (κ1) is 27.0. The summed E-state index contributed by atoms with van der Waals surface area (Å²) in [6.45, 7) is 9.86. The van der Waals surface area contributed by atoms with Crippen LogP contribution in [0.15, 0.2) is 16.5 Å². The molecule has 3 aromatic rings. The molecule has 0 bridgehead atoms. The average Bonchev–Trinajstić information content (AvgIpc) is 3.43. The van der Waals surface area contributed by atoms with Crippen LogP contribution in [0.3, 0.4) is 0 Å². The second kappa shape index (κ2) is 11.1. The Morgan fingerprint density at radius 2 is 2.00 bits per heavy atom. The van der Waals surface area contributed by atoms with Crippen LogP contribution in [-0.2, 0) is 15.9 Å². The number of ether oxygens (including phenoxy) is 2. The third kappa shape index (κ3) is 6.63. The molecule has 3 aromatic heterocycles. The van der Waals surface area contributed by atoms with Crippen LogP contribution in [0.5, 0.6) is 0 Å². The summed E-state index contributed by atoms with van der Waals surface area (Å²) in [4.78, 5) is 25.7. The predicted molar refractivity (Wildman–Crippen MR) is 145 cm³/mol. The number of rotatable bonds is 8. The van der Waals surface area contributed by atoms with Crippen LogP contribution in [0.1, 0.15) is 64.8 Å². The Bertz CT molecular complexity index is 1270. The minimum absolute atomic E-state index is 0.130. The number of carbonyl (C=O) groups excluding carboxylic acids is 1. The summed E-state index contributed by atoms with van der Waals surface area (Å²) < 4.78 is 16.8. The van der Waals surface area contributed by atoms with Gasteiger partial charge in [-0.2, -0.15) is 4.98 Å². The number of furan rings is 1. The number of pyridine rings is 1. The lowest BCUT2D eigenvalue weighted by atomic mass is 10.1. The van der Waals surface area contributed by atoms with Crippen molar-refractivity contribution >= 4 is 40.5 Å². The average molecular weight is 530 g/mol. The van der Waals surface area contributed by atoms with Crippen molar-refractivity contribution in [2.75, 3.05) is 24.3 Å². The van der Waals surface area contributed by atoms with Crippen LogP contribution in [0.25, 0.3) is 22.3 Å². The van der Waals surface area contributed by atoms with Gasteiger partial charge < -0.3 is 24.5 Å². The summed E-state index contributed by atoms with van der Waals surface area (Å²) in [6, 6.07) is 4.17. The molecule has 2 N–H and O–H groups in total. The molecule has 4 rings (SSSR count). The maximum absolute atomic E-state index is 11.9. The lowest BCUT2D eigenvalue weighted by Crippen LogP contribution is -2.26. The molecule has 1 fully saturated rings. The molecule has 0 spiro atoms. The van der Waals surface area contributed by atoms with Gasteiger partial charge >= 0.3 is 6.16 Å². The standard InChI is InChI=1S/C27H36ClN5O4/c1-7-8-18-12-17-13-20(36-22(17)15(2)30-18)21-23(28)32-25(29-6)33-24(21)31-19-10-9-16(11-19)14-35-26(34)37-27(3,4)5/h12-13,16,19H,7-11,14H2,1-6H3,(H2,29,31,32,33). The van der Waals surface area contributed by atoms with Gasteiger partial charge in [0.15, 0.2) is 5.58 Å². The summed E-state index contributed by atoms with van der Waals surface area (Å²) in [7, 11) is 1.75. The summed E-state index contributed by atoms with van der Waals surface area (Å²) in [6.07, 6.45) is 3.94. The zero-order chi connectivity index (χ0) is 26.7. The van der Waals surface area contributed by atoms with Gasteiger partial charge in [-0.1, -0.05) is 24.9 Å². The molecule has 2 unspecified atom stereocenters. The molecular weight excluding hydrogens is 494 g/mol. The van der Waals surface area contributed by atoms with Crippen LogP contribution in [0.2, 0.25) is 5.15 Å². The first-order valence-corrected chi connectivity index (χ1v) is 13.2. The second-order valence-corrected chi connectivity index (χ2v) is 10.9. The largest absolute Gasteiger partial charge is 0.508 e. The minimum Gasteiger partial charge on any atom is -0.454 e. The Hall–Kier alpha value is -3.07. The van der Waals surface area contributed by atoms with E-state index in [9.17, 15) is 4.79 Å². The van der Waals surface area contributed by atoms with Gasteiger partial charge in [0.05, 0.1) is 17.9 Å². The molecule has 0 aliphatic heterocycles. The lowest BCUT2D eigenvalue weighted by molar-refractivity contribution is -0.0128. The number of aromatic nitrogens is 3. The molecule has 1 saturated carbocycles. The maximum Gasteiger partial charge on any atom is 0.508 e. The van der Waals surface area contributed by atoms with E-state index in [4.69, 9.17) is 25.5 Å². The van der Waals surface area contributed by atoms with E-state index in [-0.39, 0.29) is 12.0 Å². The highest BCUT2D eigenvalue weighted by molar-refractivity contribution is 6.32. The number of hydrogen-bond acceptors (Lipinski definition) is 9. The van der Waals surface area contributed by atoms with Crippen LogP contribution in [0.4, 0.5) is 16.6 Å². The SMILES string of the molecule is CCCc1cc2cc(-c3c(Cl)nc(NC)nc3NC3CCC(COC(=O)OC(C)(C)C)C3)oc2c(C)n1. The Kier molecular flexibility index (Phi) is 8.11. The Morgan fingerprint density at radius 3 is 2.70 bits per heavy atom. The molecule has 0 aromatic carbocycles. The van der Waals surface area contributed by atoms with Crippen molar-refractivity contribution in [3.05, 3.63) is 28.7 Å². The molecule has 0 saturated heterocycles. The van der Waals surface area contributed by atoms with Crippen LogP contribution in [-0.4, -0.2) is 46.4 Å². The second-order valence-electron chi connectivity index (χ2n) is 10.6. The van der Waals surface area contributed by atoms with E-state index < -0.39 is 11.8 Å². The van der Waals surface area contributed by atoms with Crippen LogP contribution >= 0.6 is 11.6 Å². The van der Waals surface area contributed by atoms with Gasteiger partial charge in [-0.25, -0.2) is 9.78 Å². The molecular formula is C27H36ClN5O4. The van der Waals surface area contributed by atoms with Gasteiger partial charge in [0.1, 0.15) is 22.3 Å². The Labute approximate surface area is 222 Å². The molecule has 37 heavy (non-hydrogen) atoms. The Morgan fingerprint density at radius 1 is 1.22 bits per heavy atom. The third-order valence-electron chi connectivity index (χ3n) is 6.27. The van der Waals surface area contributed by atoms with Crippen molar-refractivity contribution in [1.29, 1.82) is 0 Å². The summed E-state index contributed by atoms with van der Waals surface area (Å²) >= 11 is 6.67. The highest BCUT2D eigenvalue weighted by atomic mass is 35.5. The molecule has 200 valence electrons. The fourth-order valence-corrected chi connectivity index (χ4v) is 4.93. The zero-order valence-corrected chi connectivity index (χ0v) is 23.2. The van der Waals surface area contributed by atoms with Crippen molar-refractivity contribution < 1.29 is 18.7 Å². The molecule has 9 nitrogen and oxygen atoms in total. The summed E-state index contributed by atoms with van der Waals surface area (Å²) in [5.74, 6) is 1.83. The van der Waals surface area contributed by atoms with E-state index in [1.807, 2.05) is 33.8 Å². The minimum atomic E-state index is -0.635. The number of hydrogen-bond donors (Lipinski definition) is 2. The monoisotopic (exact) mass is 529 g/mol. The number of carbonyl (C=O) groups is 1. The van der Waals surface area contributed by atoms with Crippen LogP contribution < -0.4 is 10.6 Å². The van der Waals surface area contributed by atoms with Crippen molar-refractivity contribution in [1.82, 2.24) is 15.0 Å². The number of halogens is 1. The molecule has 1 aliphatic rings. The van der Waals surface area contributed by atoms with Gasteiger partial charge in [0.25, 0.3) is 0 Å². The lowest BCUT2D eigenvalue weighted by Gasteiger charge is -2.20. The number of nitrogens with one attached hydrogen (secondary N) is 2. The van der Waals surface area contributed by atoms with Gasteiger partial charge in [-0.15, -0.1) is 0 Å². The number of aryl methyl sites for hydroxylation is 2. The summed E-state index contributed by atoms with van der Waals surface area (Å²) in [5.41, 5.74) is 2.65. The van der Waals surface area contributed by atoms with E-state index in [1.54, 1.807) is 7.05 Å². The zero-order valence-electron chi connectivity index (χ0n) is 22.4. The van der Waals surface area contributed by atoms with E-state index in [2.05, 4.69) is 38.6 Å². The van der Waals surface area contributed by atoms with E-state index in [0.717, 1.165) is 54.5 Å². The van der Waals surface area contributed by atoms with Crippen molar-refractivity contribution in [3.63, 3.8) is 0 Å².